The van der Waals surface area contributed by atoms with E-state index < -0.39 is 0 Å². The fraction of sp³-hybridized carbons (Fsp3) is 0.385. The fourth-order valence-electron chi connectivity index (χ4n) is 1.42. The molecule has 0 saturated carbocycles. The van der Waals surface area contributed by atoms with Crippen LogP contribution in [0.25, 0.3) is 0 Å². The molecule has 0 saturated heterocycles. The Morgan fingerprint density at radius 1 is 1.25 bits per heavy atom. The van der Waals surface area contributed by atoms with E-state index in [2.05, 4.69) is 10.6 Å². The van der Waals surface area contributed by atoms with E-state index in [-0.39, 0.29) is 18.4 Å². The summed E-state index contributed by atoms with van der Waals surface area (Å²) in [6, 6.07) is 6.73. The number of nitrogens with two attached hydrogens (primary N) is 1. The molecule has 0 atom stereocenters. The van der Waals surface area contributed by atoms with Gasteiger partial charge in [-0.2, -0.15) is 0 Å². The Morgan fingerprint density at radius 3 is 2.70 bits per heavy atom. The molecule has 0 aliphatic rings. The van der Waals surface area contributed by atoms with Crippen molar-refractivity contribution in [2.45, 2.75) is 12.8 Å². The van der Waals surface area contributed by atoms with Crippen LogP contribution in [-0.2, 0) is 4.79 Å². The summed E-state index contributed by atoms with van der Waals surface area (Å²) in [7, 11) is 0. The van der Waals surface area contributed by atoms with Gasteiger partial charge in [0.25, 0.3) is 0 Å². The van der Waals surface area contributed by atoms with Crippen LogP contribution < -0.4 is 21.1 Å². The monoisotopic (exact) mass is 299 g/mol. The van der Waals surface area contributed by atoms with E-state index in [0.717, 1.165) is 0 Å². The fourth-order valence-corrected chi connectivity index (χ4v) is 1.60. The van der Waals surface area contributed by atoms with Crippen molar-refractivity contribution in [3.63, 3.8) is 0 Å². The first kappa shape index (κ1) is 16.1. The summed E-state index contributed by atoms with van der Waals surface area (Å²) in [6.45, 7) is 1.12. The van der Waals surface area contributed by atoms with Crippen LogP contribution in [0.5, 0.6) is 5.75 Å². The Morgan fingerprint density at radius 2 is 2.00 bits per heavy atom. The Labute approximate surface area is 122 Å². The number of carbonyl (C=O) groups is 2. The van der Waals surface area contributed by atoms with E-state index in [0.29, 0.717) is 36.9 Å². The second-order valence-corrected chi connectivity index (χ2v) is 4.49. The second kappa shape index (κ2) is 9.03. The quantitative estimate of drug-likeness (QED) is 0.631. The number of carbonyl (C=O) groups excluding carboxylic acids is 2. The predicted molar refractivity (Wildman–Crippen MR) is 76.8 cm³/mol. The molecule has 20 heavy (non-hydrogen) atoms. The number of benzene rings is 1. The summed E-state index contributed by atoms with van der Waals surface area (Å²) < 4.78 is 5.41. The van der Waals surface area contributed by atoms with Crippen molar-refractivity contribution in [2.24, 2.45) is 5.73 Å². The van der Waals surface area contributed by atoms with Crippen molar-refractivity contribution in [1.29, 1.82) is 0 Å². The number of halogens is 1. The number of hydrogen-bond acceptors (Lipinski definition) is 3. The Bertz CT molecular complexity index is 454. The largest absolute Gasteiger partial charge is 0.492 e. The van der Waals surface area contributed by atoms with Gasteiger partial charge in [0.2, 0.25) is 5.91 Å². The summed E-state index contributed by atoms with van der Waals surface area (Å²) in [4.78, 5) is 21.8. The first-order valence-electron chi connectivity index (χ1n) is 6.26. The van der Waals surface area contributed by atoms with Crippen LogP contribution in [0.3, 0.4) is 0 Å². The van der Waals surface area contributed by atoms with Crippen molar-refractivity contribution in [3.8, 4) is 5.75 Å². The van der Waals surface area contributed by atoms with Gasteiger partial charge >= 0.3 is 6.03 Å². The van der Waals surface area contributed by atoms with E-state index in [1.807, 2.05) is 0 Å². The zero-order valence-electron chi connectivity index (χ0n) is 11.0. The molecule has 0 aliphatic carbocycles. The third-order valence-corrected chi connectivity index (χ3v) is 2.57. The van der Waals surface area contributed by atoms with Gasteiger partial charge in [-0.1, -0.05) is 17.7 Å². The van der Waals surface area contributed by atoms with Crippen molar-refractivity contribution in [2.75, 3.05) is 19.7 Å². The minimum Gasteiger partial charge on any atom is -0.492 e. The van der Waals surface area contributed by atoms with Gasteiger partial charge in [-0.3, -0.25) is 4.79 Å². The van der Waals surface area contributed by atoms with E-state index >= 15 is 0 Å². The van der Waals surface area contributed by atoms with Crippen LogP contribution in [0.4, 0.5) is 4.79 Å². The highest BCUT2D eigenvalue weighted by Crippen LogP contribution is 2.16. The molecule has 1 aromatic carbocycles. The molecule has 0 heterocycles. The summed E-state index contributed by atoms with van der Waals surface area (Å²) >= 11 is 5.81. The van der Waals surface area contributed by atoms with Crippen LogP contribution in [-0.4, -0.2) is 31.6 Å². The molecule has 4 N–H and O–H groups in total. The molecular weight excluding hydrogens is 282 g/mol. The number of rotatable bonds is 8. The number of amides is 3. The topological polar surface area (TPSA) is 93.5 Å². The predicted octanol–water partition coefficient (Wildman–Crippen LogP) is 1.28. The van der Waals surface area contributed by atoms with E-state index in [9.17, 15) is 9.59 Å². The maximum atomic E-state index is 11.3. The van der Waals surface area contributed by atoms with Crippen molar-refractivity contribution >= 4 is 23.5 Å². The third-order valence-electron chi connectivity index (χ3n) is 2.34. The minimum absolute atomic E-state index is 0.262. The Hall–Kier alpha value is -1.95. The van der Waals surface area contributed by atoms with Crippen LogP contribution in [0.15, 0.2) is 24.3 Å². The maximum Gasteiger partial charge on any atom is 0.314 e. The smallest absolute Gasteiger partial charge is 0.314 e. The van der Waals surface area contributed by atoms with Crippen LogP contribution in [0.1, 0.15) is 12.8 Å². The molecule has 6 nitrogen and oxygen atoms in total. The number of hydrogen-bond donors (Lipinski definition) is 3. The highest BCUT2D eigenvalue weighted by molar-refractivity contribution is 6.30. The zero-order valence-corrected chi connectivity index (χ0v) is 11.8. The maximum absolute atomic E-state index is 11.3. The van der Waals surface area contributed by atoms with E-state index in [1.165, 1.54) is 0 Å². The third kappa shape index (κ3) is 7.48. The molecule has 0 radical (unpaired) electrons. The molecule has 0 bridgehead atoms. The highest BCUT2D eigenvalue weighted by Gasteiger charge is 2.00. The van der Waals surface area contributed by atoms with Crippen LogP contribution in [0.2, 0.25) is 5.02 Å². The van der Waals surface area contributed by atoms with Gasteiger partial charge in [0.15, 0.2) is 0 Å². The highest BCUT2D eigenvalue weighted by atomic mass is 35.5. The number of nitrogens with one attached hydrogen (secondary N) is 2. The van der Waals surface area contributed by atoms with Gasteiger partial charge < -0.3 is 21.1 Å². The lowest BCUT2D eigenvalue weighted by molar-refractivity contribution is -0.118. The first-order valence-corrected chi connectivity index (χ1v) is 6.64. The Kier molecular flexibility index (Phi) is 7.27. The lowest BCUT2D eigenvalue weighted by Crippen LogP contribution is -2.38. The first-order chi connectivity index (χ1) is 9.58. The van der Waals surface area contributed by atoms with Gasteiger partial charge in [0.1, 0.15) is 12.4 Å². The summed E-state index contributed by atoms with van der Waals surface area (Å²) in [5, 5.41) is 5.84. The molecule has 0 spiro atoms. The standard InChI is InChI=1S/C13H18ClN3O3/c14-10-3-1-4-11(9-10)20-8-7-17-13(19)16-6-2-5-12(15)18/h1,3-4,9H,2,5-8H2,(H2,15,18)(H2,16,17,19). The molecule has 0 aliphatic heterocycles. The van der Waals surface area contributed by atoms with E-state index in [1.54, 1.807) is 24.3 Å². The molecule has 0 aromatic heterocycles. The lowest BCUT2D eigenvalue weighted by Gasteiger charge is -2.09. The van der Waals surface area contributed by atoms with Gasteiger partial charge in [-0.15, -0.1) is 0 Å². The summed E-state index contributed by atoms with van der Waals surface area (Å²) in [5.74, 6) is 0.281. The van der Waals surface area contributed by atoms with Crippen molar-refractivity contribution in [1.82, 2.24) is 10.6 Å². The van der Waals surface area contributed by atoms with Crippen LogP contribution in [0, 0.1) is 0 Å². The SMILES string of the molecule is NC(=O)CCCNC(=O)NCCOc1cccc(Cl)c1. The zero-order chi connectivity index (χ0) is 14.8. The number of primary amides is 1. The molecule has 0 fully saturated rings. The Balaban J connectivity index is 2.06. The summed E-state index contributed by atoms with van der Waals surface area (Å²) in [5.41, 5.74) is 4.98. The van der Waals surface area contributed by atoms with Gasteiger partial charge in [0, 0.05) is 18.0 Å². The molecule has 0 unspecified atom stereocenters. The molecule has 1 rings (SSSR count). The number of urea groups is 1. The van der Waals surface area contributed by atoms with Gasteiger partial charge in [-0.05, 0) is 24.6 Å². The second-order valence-electron chi connectivity index (χ2n) is 4.06. The number of ether oxygens (including phenoxy) is 1. The summed E-state index contributed by atoms with van der Waals surface area (Å²) in [6.07, 6.45) is 0.792. The van der Waals surface area contributed by atoms with Crippen LogP contribution >= 0.6 is 11.6 Å². The van der Waals surface area contributed by atoms with E-state index in [4.69, 9.17) is 22.1 Å². The average Bonchev–Trinajstić information content (AvgIpc) is 2.40. The van der Waals surface area contributed by atoms with Crippen molar-refractivity contribution < 1.29 is 14.3 Å². The molecule has 1 aromatic rings. The average molecular weight is 300 g/mol. The van der Waals surface area contributed by atoms with Gasteiger partial charge in [0.05, 0.1) is 6.54 Å². The van der Waals surface area contributed by atoms with Crippen molar-refractivity contribution in [3.05, 3.63) is 29.3 Å². The van der Waals surface area contributed by atoms with Gasteiger partial charge in [-0.25, -0.2) is 4.79 Å². The normalized spacial score (nSPS) is 9.85. The molecule has 110 valence electrons. The molecule has 3 amide bonds. The molecule has 7 heteroatoms. The minimum atomic E-state index is -0.373. The lowest BCUT2D eigenvalue weighted by atomic mass is 10.3. The molecular formula is C13H18ClN3O3.